The van der Waals surface area contributed by atoms with E-state index in [1.165, 1.54) is 24.2 Å². The average molecular weight is 266 g/mol. The number of rotatable bonds is 6. The van der Waals surface area contributed by atoms with Gasteiger partial charge in [-0.25, -0.2) is 0 Å². The van der Waals surface area contributed by atoms with E-state index in [9.17, 15) is 4.79 Å². The highest BCUT2D eigenvalue weighted by atomic mass is 32.1. The summed E-state index contributed by atoms with van der Waals surface area (Å²) in [5.41, 5.74) is 0. The second kappa shape index (κ2) is 4.84. The molecule has 0 aliphatic heterocycles. The largest absolute Gasteiger partial charge is 0.360 e. The zero-order valence-corrected chi connectivity index (χ0v) is 11.4. The van der Waals surface area contributed by atoms with Gasteiger partial charge < -0.3 is 10.2 Å². The van der Waals surface area contributed by atoms with Crippen molar-refractivity contribution in [2.45, 2.75) is 38.6 Å². The third kappa shape index (κ3) is 2.63. The van der Waals surface area contributed by atoms with E-state index in [1.807, 2.05) is 11.8 Å². The van der Waals surface area contributed by atoms with Crippen LogP contribution in [0.1, 0.15) is 42.4 Å². The normalized spacial score (nSPS) is 18.7. The van der Waals surface area contributed by atoms with Gasteiger partial charge in [-0.15, -0.1) is 10.2 Å². The highest BCUT2D eigenvalue weighted by molar-refractivity contribution is 7.17. The van der Waals surface area contributed by atoms with Crippen LogP contribution in [-0.4, -0.2) is 40.1 Å². The van der Waals surface area contributed by atoms with E-state index in [-0.39, 0.29) is 5.91 Å². The first kappa shape index (κ1) is 11.9. The summed E-state index contributed by atoms with van der Waals surface area (Å²) in [5, 5.41) is 12.4. The number of aromatic nitrogens is 2. The molecular weight excluding hydrogens is 248 g/mol. The Morgan fingerprint density at radius 2 is 2.17 bits per heavy atom. The summed E-state index contributed by atoms with van der Waals surface area (Å²) >= 11 is 1.36. The number of carbonyl (C=O) groups excluding carboxylic acids is 1. The van der Waals surface area contributed by atoms with E-state index in [1.54, 1.807) is 0 Å². The molecule has 1 heterocycles. The number of anilines is 1. The molecule has 0 unspecified atom stereocenters. The molecule has 0 aromatic carbocycles. The lowest BCUT2D eigenvalue weighted by atomic mass is 10.3. The second-order valence-electron chi connectivity index (χ2n) is 5.07. The molecule has 2 aliphatic carbocycles. The minimum atomic E-state index is 0.0750. The Morgan fingerprint density at radius 1 is 1.39 bits per heavy atom. The molecule has 2 aliphatic rings. The molecular formula is C12H18N4OS. The standard InChI is InChI=1S/C12H18N4OS/c1-2-13-12-15-14-10(18-12)11(17)16(9-5-6-9)7-8-3-4-8/h8-9H,2-7H2,1H3,(H,13,15). The summed E-state index contributed by atoms with van der Waals surface area (Å²) in [6.45, 7) is 3.73. The smallest absolute Gasteiger partial charge is 0.285 e. The molecule has 2 saturated carbocycles. The van der Waals surface area contributed by atoms with Crippen molar-refractivity contribution in [3.63, 3.8) is 0 Å². The van der Waals surface area contributed by atoms with E-state index in [0.29, 0.717) is 11.0 Å². The zero-order valence-electron chi connectivity index (χ0n) is 10.6. The Hall–Kier alpha value is -1.17. The number of amides is 1. The van der Waals surface area contributed by atoms with Crippen molar-refractivity contribution in [3.05, 3.63) is 5.01 Å². The molecule has 98 valence electrons. The Bertz CT molecular complexity index is 439. The third-order valence-corrected chi connectivity index (χ3v) is 4.21. The highest BCUT2D eigenvalue weighted by Gasteiger charge is 2.37. The van der Waals surface area contributed by atoms with Gasteiger partial charge in [0.2, 0.25) is 10.1 Å². The van der Waals surface area contributed by atoms with Crippen molar-refractivity contribution < 1.29 is 4.79 Å². The van der Waals surface area contributed by atoms with Gasteiger partial charge in [0.1, 0.15) is 0 Å². The maximum atomic E-state index is 12.4. The van der Waals surface area contributed by atoms with Crippen LogP contribution in [0, 0.1) is 5.92 Å². The molecule has 5 nitrogen and oxygen atoms in total. The van der Waals surface area contributed by atoms with E-state index >= 15 is 0 Å². The van der Waals surface area contributed by atoms with Crippen LogP contribution in [0.2, 0.25) is 0 Å². The van der Waals surface area contributed by atoms with Crippen molar-refractivity contribution in [2.24, 2.45) is 5.92 Å². The molecule has 1 N–H and O–H groups in total. The predicted octanol–water partition coefficient (Wildman–Crippen LogP) is 1.98. The number of nitrogens with zero attached hydrogens (tertiary/aromatic N) is 3. The van der Waals surface area contributed by atoms with Crippen molar-refractivity contribution in [2.75, 3.05) is 18.4 Å². The molecule has 0 bridgehead atoms. The Balaban J connectivity index is 1.69. The Kier molecular flexibility index (Phi) is 3.20. The van der Waals surface area contributed by atoms with Crippen LogP contribution in [0.15, 0.2) is 0 Å². The fourth-order valence-corrected chi connectivity index (χ4v) is 2.79. The third-order valence-electron chi connectivity index (χ3n) is 3.34. The quantitative estimate of drug-likeness (QED) is 0.855. The van der Waals surface area contributed by atoms with Gasteiger partial charge in [-0.3, -0.25) is 4.79 Å². The zero-order chi connectivity index (χ0) is 12.5. The van der Waals surface area contributed by atoms with Gasteiger partial charge in [0, 0.05) is 19.1 Å². The molecule has 2 fully saturated rings. The van der Waals surface area contributed by atoms with Gasteiger partial charge >= 0.3 is 0 Å². The van der Waals surface area contributed by atoms with Gasteiger partial charge in [0.25, 0.3) is 5.91 Å². The van der Waals surface area contributed by atoms with E-state index in [2.05, 4.69) is 15.5 Å². The van der Waals surface area contributed by atoms with Gasteiger partial charge in [-0.2, -0.15) is 0 Å². The van der Waals surface area contributed by atoms with E-state index < -0.39 is 0 Å². The highest BCUT2D eigenvalue weighted by Crippen LogP contribution is 2.36. The van der Waals surface area contributed by atoms with Crippen molar-refractivity contribution in [1.29, 1.82) is 0 Å². The molecule has 6 heteroatoms. The molecule has 1 aromatic rings. The minimum absolute atomic E-state index is 0.0750. The lowest BCUT2D eigenvalue weighted by Gasteiger charge is -2.20. The van der Waals surface area contributed by atoms with Gasteiger partial charge in [0.05, 0.1) is 0 Å². The lowest BCUT2D eigenvalue weighted by Crippen LogP contribution is -2.34. The maximum absolute atomic E-state index is 12.4. The van der Waals surface area contributed by atoms with Crippen LogP contribution in [0.3, 0.4) is 0 Å². The predicted molar refractivity (Wildman–Crippen MR) is 70.9 cm³/mol. The van der Waals surface area contributed by atoms with Crippen molar-refractivity contribution >= 4 is 22.4 Å². The summed E-state index contributed by atoms with van der Waals surface area (Å²) in [4.78, 5) is 14.4. The monoisotopic (exact) mass is 266 g/mol. The van der Waals surface area contributed by atoms with Crippen LogP contribution in [-0.2, 0) is 0 Å². The summed E-state index contributed by atoms with van der Waals surface area (Å²) < 4.78 is 0. The van der Waals surface area contributed by atoms with Crippen LogP contribution >= 0.6 is 11.3 Å². The van der Waals surface area contributed by atoms with Gasteiger partial charge in [-0.1, -0.05) is 11.3 Å². The molecule has 0 spiro atoms. The number of nitrogens with one attached hydrogen (secondary N) is 1. The maximum Gasteiger partial charge on any atom is 0.285 e. The molecule has 1 amide bonds. The first-order valence-electron chi connectivity index (χ1n) is 6.66. The van der Waals surface area contributed by atoms with Crippen molar-refractivity contribution in [1.82, 2.24) is 15.1 Å². The molecule has 0 radical (unpaired) electrons. The summed E-state index contributed by atoms with van der Waals surface area (Å²) in [5.74, 6) is 0.807. The first-order chi connectivity index (χ1) is 8.78. The fourth-order valence-electron chi connectivity index (χ4n) is 2.02. The molecule has 18 heavy (non-hydrogen) atoms. The van der Waals surface area contributed by atoms with Crippen molar-refractivity contribution in [3.8, 4) is 0 Å². The first-order valence-corrected chi connectivity index (χ1v) is 7.48. The van der Waals surface area contributed by atoms with E-state index in [0.717, 1.165) is 37.0 Å². The minimum Gasteiger partial charge on any atom is -0.360 e. The van der Waals surface area contributed by atoms with Crippen LogP contribution < -0.4 is 5.32 Å². The SMILES string of the molecule is CCNc1nnc(C(=O)N(CC2CC2)C2CC2)s1. The Labute approximate surface area is 111 Å². The molecule has 0 saturated heterocycles. The summed E-state index contributed by atoms with van der Waals surface area (Å²) in [6.07, 6.45) is 4.85. The van der Waals surface area contributed by atoms with E-state index in [4.69, 9.17) is 0 Å². The summed E-state index contributed by atoms with van der Waals surface area (Å²) in [7, 11) is 0. The summed E-state index contributed by atoms with van der Waals surface area (Å²) in [6, 6.07) is 0.463. The lowest BCUT2D eigenvalue weighted by molar-refractivity contribution is 0.0733. The Morgan fingerprint density at radius 3 is 2.78 bits per heavy atom. The van der Waals surface area contributed by atoms with Crippen LogP contribution in [0.4, 0.5) is 5.13 Å². The van der Waals surface area contributed by atoms with Crippen LogP contribution in [0.25, 0.3) is 0 Å². The van der Waals surface area contributed by atoms with Gasteiger partial charge in [0.15, 0.2) is 0 Å². The number of hydrogen-bond acceptors (Lipinski definition) is 5. The van der Waals surface area contributed by atoms with Gasteiger partial charge in [-0.05, 0) is 38.5 Å². The second-order valence-corrected chi connectivity index (χ2v) is 6.05. The average Bonchev–Trinajstić information content (AvgIpc) is 3.26. The fraction of sp³-hybridized carbons (Fsp3) is 0.750. The number of hydrogen-bond donors (Lipinski definition) is 1. The number of carbonyl (C=O) groups is 1. The molecule has 3 rings (SSSR count). The van der Waals surface area contributed by atoms with Crippen LogP contribution in [0.5, 0.6) is 0 Å². The topological polar surface area (TPSA) is 58.1 Å². The molecule has 1 aromatic heterocycles. The molecule has 0 atom stereocenters.